The molecule has 1 aromatic rings. The minimum atomic E-state index is -4.53. The van der Waals surface area contributed by atoms with Gasteiger partial charge in [-0.05, 0) is 50.3 Å². The number of esters is 1. The van der Waals surface area contributed by atoms with Crippen molar-refractivity contribution in [2.24, 2.45) is 20.8 Å². The Hall–Kier alpha value is -3.79. The summed E-state index contributed by atoms with van der Waals surface area (Å²) in [7, 11) is -4.53. The fraction of sp³-hybridized carbons (Fsp3) is 0.600. The molecule has 19 heteroatoms. The average molecular weight is 638 g/mol. The van der Waals surface area contributed by atoms with Gasteiger partial charge in [0.15, 0.2) is 30.6 Å². The van der Waals surface area contributed by atoms with Crippen LogP contribution >= 0.6 is 7.75 Å². The molecule has 2 fully saturated rings. The average Bonchev–Trinajstić information content (AvgIpc) is 3.52. The van der Waals surface area contributed by atoms with E-state index in [9.17, 15) is 24.8 Å². The van der Waals surface area contributed by atoms with Crippen LogP contribution in [-0.4, -0.2) is 89.4 Å². The number of rotatable bonds is 11. The molecule has 1 amide bonds. The molecule has 0 spiro atoms. The molecule has 3 aliphatic heterocycles. The lowest BCUT2D eigenvalue weighted by atomic mass is 9.98. The van der Waals surface area contributed by atoms with E-state index in [4.69, 9.17) is 24.3 Å². The number of ether oxygens (including phenoxy) is 2. The number of alkyl halides is 1. The first-order chi connectivity index (χ1) is 21.0. The van der Waals surface area contributed by atoms with Crippen molar-refractivity contribution in [3.63, 3.8) is 0 Å². The van der Waals surface area contributed by atoms with Crippen molar-refractivity contribution in [1.82, 2.24) is 15.3 Å². The third-order valence-corrected chi connectivity index (χ3v) is 9.18. The van der Waals surface area contributed by atoms with Crippen molar-refractivity contribution in [3.8, 4) is 5.75 Å². The van der Waals surface area contributed by atoms with Crippen LogP contribution in [0.5, 0.6) is 5.75 Å². The van der Waals surface area contributed by atoms with Crippen LogP contribution in [0.2, 0.25) is 0 Å². The summed E-state index contributed by atoms with van der Waals surface area (Å²) in [6, 6.07) is 5.62. The van der Waals surface area contributed by atoms with E-state index in [1.54, 1.807) is 18.2 Å². The number of guanidine groups is 1. The maximum Gasteiger partial charge on any atom is 0.459 e. The first-order valence-electron chi connectivity index (χ1n) is 14.0. The first-order valence-corrected chi connectivity index (χ1v) is 15.6. The largest absolute Gasteiger partial charge is 0.461 e. The Bertz CT molecular complexity index is 1390. The number of carbonyl (C=O) groups is 2. The molecule has 0 aromatic heterocycles. The van der Waals surface area contributed by atoms with E-state index in [1.807, 2.05) is 0 Å². The van der Waals surface area contributed by atoms with E-state index in [1.165, 1.54) is 19.1 Å². The summed E-state index contributed by atoms with van der Waals surface area (Å²) in [6.07, 6.45) is -1.99. The number of halogens is 1. The molecule has 1 aromatic carbocycles. The lowest BCUT2D eigenvalue weighted by molar-refractivity contribution is -0.152. The zero-order valence-corrected chi connectivity index (χ0v) is 24.5. The quantitative estimate of drug-likeness (QED) is 0.0894. The fourth-order valence-corrected chi connectivity index (χ4v) is 6.81. The van der Waals surface area contributed by atoms with Gasteiger partial charge in [-0.3, -0.25) is 24.4 Å². The van der Waals surface area contributed by atoms with Gasteiger partial charge < -0.3 is 29.7 Å². The highest BCUT2D eigenvalue weighted by atomic mass is 31.2. The van der Waals surface area contributed by atoms with Crippen LogP contribution in [-0.2, 0) is 28.2 Å². The zero-order chi connectivity index (χ0) is 31.5. The van der Waals surface area contributed by atoms with E-state index in [0.29, 0.717) is 12.8 Å². The maximum atomic E-state index is 15.6. The smallest absolute Gasteiger partial charge is 0.459 e. The molecule has 1 aliphatic carbocycles. The second kappa shape index (κ2) is 13.1. The van der Waals surface area contributed by atoms with E-state index in [2.05, 4.69) is 30.4 Å². The number of fused-ring (bicyclic) bond motifs is 1. The van der Waals surface area contributed by atoms with Gasteiger partial charge in [0.1, 0.15) is 24.0 Å². The highest BCUT2D eigenvalue weighted by Gasteiger charge is 2.60. The van der Waals surface area contributed by atoms with Crippen molar-refractivity contribution in [1.29, 1.82) is 0 Å². The lowest BCUT2D eigenvalue weighted by Crippen LogP contribution is -2.56. The van der Waals surface area contributed by atoms with Crippen LogP contribution in [0.1, 0.15) is 39.0 Å². The van der Waals surface area contributed by atoms with Gasteiger partial charge >= 0.3 is 13.7 Å². The third kappa shape index (κ3) is 6.65. The number of amides is 1. The SMILES string of the molecule is CC(NP(=O)(OC[C@@]1(N=[N+]=[N-])O[C@@H](N2C=NC3C(=O)NC(N)=NC32)[C@H](F)[C@@H]1O)Oc1ccccc1)C(=O)OC1CCCCC1. The highest BCUT2D eigenvalue weighted by molar-refractivity contribution is 7.52. The predicted octanol–water partition coefficient (Wildman–Crippen LogP) is 1.59. The van der Waals surface area contributed by atoms with E-state index < -0.39 is 68.7 Å². The molecular formula is C25H33FN9O8P. The molecular weight excluding hydrogens is 604 g/mol. The van der Waals surface area contributed by atoms with Crippen molar-refractivity contribution in [2.75, 3.05) is 6.61 Å². The predicted molar refractivity (Wildman–Crippen MR) is 152 cm³/mol. The summed E-state index contributed by atoms with van der Waals surface area (Å²) in [5.74, 6) is -1.41. The van der Waals surface area contributed by atoms with E-state index >= 15 is 4.39 Å². The number of nitrogens with zero attached hydrogens (tertiary/aromatic N) is 6. The number of aliphatic imine (C=N–C) groups is 2. The number of hydrogen-bond donors (Lipinski definition) is 4. The summed E-state index contributed by atoms with van der Waals surface area (Å²) < 4.78 is 52.2. The highest BCUT2D eigenvalue weighted by Crippen LogP contribution is 2.48. The molecule has 8 atom stereocenters. The van der Waals surface area contributed by atoms with Crippen molar-refractivity contribution in [2.45, 2.75) is 87.6 Å². The molecule has 0 bridgehead atoms. The molecule has 4 aliphatic rings. The topological polar surface area (TPSA) is 235 Å². The van der Waals surface area contributed by atoms with Gasteiger partial charge in [0, 0.05) is 4.91 Å². The van der Waals surface area contributed by atoms with E-state index in [-0.39, 0.29) is 17.8 Å². The number of nitrogens with one attached hydrogen (secondary N) is 2. The Morgan fingerprint density at radius 1 is 1.39 bits per heavy atom. The standard InChI is InChI=1S/C25H33FN9O8P/c1-14(23(38)41-15-8-4-2-5-9-15)32-44(39,43-16-10-6-3-7-11-16)40-12-25(33-34-28)19(36)17(26)22(42-25)35-13-29-18-20(35)30-24(27)31-21(18)37/h3,6-7,10-11,13-15,17-20,22,36H,2,4-5,8-9,12H2,1H3,(H,32,39)(H3,27,30,31,37)/t14?,17-,18?,19+,20?,22-,25-,44?/m1/s1. The molecule has 44 heavy (non-hydrogen) atoms. The van der Waals surface area contributed by atoms with Gasteiger partial charge in [0.25, 0.3) is 5.91 Å². The number of para-hydroxylation sites is 1. The molecule has 0 radical (unpaired) electrons. The lowest BCUT2D eigenvalue weighted by Gasteiger charge is -2.33. The van der Waals surface area contributed by atoms with Crippen molar-refractivity contribution >= 4 is 31.9 Å². The third-order valence-electron chi connectivity index (χ3n) is 7.56. The molecule has 4 unspecified atom stereocenters. The summed E-state index contributed by atoms with van der Waals surface area (Å²) in [4.78, 5) is 37.0. The molecule has 17 nitrogen and oxygen atoms in total. The Morgan fingerprint density at radius 3 is 2.82 bits per heavy atom. The number of azide groups is 1. The van der Waals surface area contributed by atoms with Crippen LogP contribution in [0.15, 0.2) is 45.4 Å². The van der Waals surface area contributed by atoms with Crippen LogP contribution in [0.3, 0.4) is 0 Å². The van der Waals surface area contributed by atoms with Crippen LogP contribution in [0.25, 0.3) is 10.4 Å². The van der Waals surface area contributed by atoms with Crippen molar-refractivity contribution < 1.29 is 42.2 Å². The molecule has 5 rings (SSSR count). The maximum absolute atomic E-state index is 15.6. The second-order valence-electron chi connectivity index (χ2n) is 10.7. The van der Waals surface area contributed by atoms with Gasteiger partial charge in [0.05, 0.1) is 12.9 Å². The Labute approximate surface area is 251 Å². The van der Waals surface area contributed by atoms with E-state index in [0.717, 1.165) is 30.5 Å². The number of aliphatic hydroxyl groups excluding tert-OH is 1. The monoisotopic (exact) mass is 637 g/mol. The van der Waals surface area contributed by atoms with Crippen LogP contribution < -0.4 is 20.7 Å². The summed E-state index contributed by atoms with van der Waals surface area (Å²) in [5, 5.41) is 19.2. The molecule has 238 valence electrons. The molecule has 1 saturated carbocycles. The minimum absolute atomic E-state index is 0.0912. The Morgan fingerprint density at radius 2 is 2.11 bits per heavy atom. The Kier molecular flexibility index (Phi) is 9.39. The van der Waals surface area contributed by atoms with Crippen LogP contribution in [0.4, 0.5) is 4.39 Å². The van der Waals surface area contributed by atoms with Gasteiger partial charge in [-0.1, -0.05) is 29.7 Å². The van der Waals surface area contributed by atoms with Crippen LogP contribution in [0, 0.1) is 0 Å². The normalized spacial score (nSPS) is 32.1. The van der Waals surface area contributed by atoms with Gasteiger partial charge in [-0.15, -0.1) is 0 Å². The molecule has 5 N–H and O–H groups in total. The number of aliphatic hydroxyl groups is 1. The molecule has 3 heterocycles. The summed E-state index contributed by atoms with van der Waals surface area (Å²) in [5.41, 5.74) is 12.5. The van der Waals surface area contributed by atoms with Gasteiger partial charge in [-0.2, -0.15) is 5.09 Å². The zero-order valence-electron chi connectivity index (χ0n) is 23.6. The number of nitrogens with two attached hydrogens (primary N) is 1. The van der Waals surface area contributed by atoms with Gasteiger partial charge in [0.2, 0.25) is 5.72 Å². The fourth-order valence-electron chi connectivity index (χ4n) is 5.30. The number of benzene rings is 1. The number of hydrogen-bond acceptors (Lipinski definition) is 13. The number of carbonyl (C=O) groups excluding carboxylic acids is 2. The first kappa shape index (κ1) is 31.6. The summed E-state index contributed by atoms with van der Waals surface area (Å²) >= 11 is 0. The second-order valence-corrected chi connectivity index (χ2v) is 12.4. The van der Waals surface area contributed by atoms with Crippen molar-refractivity contribution in [3.05, 3.63) is 40.8 Å². The Balaban J connectivity index is 1.35. The minimum Gasteiger partial charge on any atom is -0.461 e. The summed E-state index contributed by atoms with van der Waals surface area (Å²) in [6.45, 7) is 0.421. The van der Waals surface area contributed by atoms with Gasteiger partial charge in [-0.25, -0.2) is 13.9 Å². The molecule has 1 saturated heterocycles.